The molecule has 1 amide bonds. The molecule has 0 aliphatic heterocycles. The molecule has 0 unspecified atom stereocenters. The van der Waals surface area contributed by atoms with Crippen molar-refractivity contribution >= 4 is 5.91 Å². The lowest BCUT2D eigenvalue weighted by Crippen LogP contribution is -2.37. The minimum Gasteiger partial charge on any atom is -0.496 e. The van der Waals surface area contributed by atoms with Gasteiger partial charge in [0.05, 0.1) is 25.2 Å². The maximum atomic E-state index is 12.6. The van der Waals surface area contributed by atoms with Gasteiger partial charge in [0.15, 0.2) is 0 Å². The normalized spacial score (nSPS) is 10.1. The zero-order valence-electron chi connectivity index (χ0n) is 11.9. The van der Waals surface area contributed by atoms with Gasteiger partial charge in [-0.1, -0.05) is 11.6 Å². The molecule has 0 heterocycles. The van der Waals surface area contributed by atoms with Gasteiger partial charge in [0.2, 0.25) is 0 Å². The molecular formula is C15H20N2O2. The Labute approximate surface area is 114 Å². The van der Waals surface area contributed by atoms with Crippen LogP contribution >= 0.6 is 0 Å². The second-order valence-corrected chi connectivity index (χ2v) is 4.70. The first-order valence-corrected chi connectivity index (χ1v) is 6.33. The number of aryl methyl sites for hydroxylation is 1. The number of carbonyl (C=O) groups excluding carboxylic acids is 1. The van der Waals surface area contributed by atoms with E-state index < -0.39 is 0 Å². The van der Waals surface area contributed by atoms with E-state index >= 15 is 0 Å². The largest absolute Gasteiger partial charge is 0.496 e. The molecule has 0 aromatic heterocycles. The highest BCUT2D eigenvalue weighted by atomic mass is 16.5. The zero-order valence-corrected chi connectivity index (χ0v) is 11.9. The van der Waals surface area contributed by atoms with Crippen LogP contribution in [0.3, 0.4) is 0 Å². The fourth-order valence-electron chi connectivity index (χ4n) is 1.91. The molecule has 1 rings (SSSR count). The van der Waals surface area contributed by atoms with Crippen LogP contribution in [0.5, 0.6) is 5.75 Å². The number of ether oxygens (including phenoxy) is 1. The Balaban J connectivity index is 3.09. The second kappa shape index (κ2) is 6.79. The maximum absolute atomic E-state index is 12.6. The molecule has 0 saturated carbocycles. The van der Waals surface area contributed by atoms with Crippen LogP contribution in [-0.2, 0) is 0 Å². The van der Waals surface area contributed by atoms with E-state index in [1.165, 1.54) is 0 Å². The minimum absolute atomic E-state index is 0.0473. The van der Waals surface area contributed by atoms with Crippen molar-refractivity contribution in [1.82, 2.24) is 4.90 Å². The molecule has 0 radical (unpaired) electrons. The number of amides is 1. The average Bonchev–Trinajstić information content (AvgIpc) is 2.38. The molecule has 1 aromatic rings. The number of nitrogens with zero attached hydrogens (tertiary/aromatic N) is 2. The van der Waals surface area contributed by atoms with Gasteiger partial charge in [0.25, 0.3) is 5.91 Å². The summed E-state index contributed by atoms with van der Waals surface area (Å²) in [4.78, 5) is 14.3. The van der Waals surface area contributed by atoms with Crippen LogP contribution < -0.4 is 4.74 Å². The summed E-state index contributed by atoms with van der Waals surface area (Å²) >= 11 is 0. The predicted octanol–water partition coefficient (Wildman–Crippen LogP) is 2.77. The van der Waals surface area contributed by atoms with Gasteiger partial charge in [-0.15, -0.1) is 0 Å². The first-order valence-electron chi connectivity index (χ1n) is 6.33. The summed E-state index contributed by atoms with van der Waals surface area (Å²) in [6, 6.07) is 7.65. The summed E-state index contributed by atoms with van der Waals surface area (Å²) in [5.74, 6) is 0.476. The van der Waals surface area contributed by atoms with E-state index in [0.717, 1.165) is 5.56 Å². The Morgan fingerprint density at radius 3 is 2.68 bits per heavy atom. The van der Waals surface area contributed by atoms with Gasteiger partial charge in [0, 0.05) is 12.6 Å². The quantitative estimate of drug-likeness (QED) is 0.818. The van der Waals surface area contributed by atoms with E-state index in [1.807, 2.05) is 32.9 Å². The van der Waals surface area contributed by atoms with Crippen LogP contribution in [0.15, 0.2) is 18.2 Å². The third-order valence-electron chi connectivity index (χ3n) is 2.93. The van der Waals surface area contributed by atoms with Crippen molar-refractivity contribution in [2.45, 2.75) is 33.2 Å². The number of hydrogen-bond donors (Lipinski definition) is 0. The molecule has 19 heavy (non-hydrogen) atoms. The van der Waals surface area contributed by atoms with Crippen LogP contribution in [0, 0.1) is 18.3 Å². The molecule has 0 aliphatic rings. The van der Waals surface area contributed by atoms with Crippen LogP contribution in [0.4, 0.5) is 0 Å². The van der Waals surface area contributed by atoms with Gasteiger partial charge in [-0.3, -0.25) is 4.79 Å². The zero-order chi connectivity index (χ0) is 14.4. The molecule has 0 saturated heterocycles. The van der Waals surface area contributed by atoms with Crippen LogP contribution in [0.25, 0.3) is 0 Å². The highest BCUT2D eigenvalue weighted by Crippen LogP contribution is 2.22. The summed E-state index contributed by atoms with van der Waals surface area (Å²) in [6.45, 7) is 6.25. The molecule has 4 nitrogen and oxygen atoms in total. The van der Waals surface area contributed by atoms with E-state index in [9.17, 15) is 4.79 Å². The predicted molar refractivity (Wildman–Crippen MR) is 74.1 cm³/mol. The Hall–Kier alpha value is -2.02. The van der Waals surface area contributed by atoms with Gasteiger partial charge in [-0.25, -0.2) is 0 Å². The molecule has 0 fully saturated rings. The lowest BCUT2D eigenvalue weighted by Gasteiger charge is -2.26. The average molecular weight is 260 g/mol. The second-order valence-electron chi connectivity index (χ2n) is 4.70. The first-order chi connectivity index (χ1) is 9.01. The third kappa shape index (κ3) is 3.72. The number of carbonyl (C=O) groups is 1. The van der Waals surface area contributed by atoms with Crippen molar-refractivity contribution < 1.29 is 9.53 Å². The summed E-state index contributed by atoms with van der Waals surface area (Å²) < 4.78 is 5.24. The van der Waals surface area contributed by atoms with Crippen molar-refractivity contribution in [1.29, 1.82) is 5.26 Å². The molecule has 0 atom stereocenters. The third-order valence-corrected chi connectivity index (χ3v) is 2.93. The summed E-state index contributed by atoms with van der Waals surface area (Å²) in [5.41, 5.74) is 1.56. The monoisotopic (exact) mass is 260 g/mol. The van der Waals surface area contributed by atoms with E-state index in [1.54, 1.807) is 18.1 Å². The Morgan fingerprint density at radius 1 is 1.47 bits per heavy atom. The standard InChI is InChI=1S/C15H20N2O2/c1-11(2)17(9-5-8-16)15(18)13-10-12(3)6-7-14(13)19-4/h6-7,10-11H,5,9H2,1-4H3. The van der Waals surface area contributed by atoms with E-state index in [0.29, 0.717) is 24.3 Å². The molecule has 0 bridgehead atoms. The Bertz CT molecular complexity index is 489. The smallest absolute Gasteiger partial charge is 0.257 e. The molecular weight excluding hydrogens is 240 g/mol. The number of rotatable bonds is 5. The minimum atomic E-state index is -0.0919. The SMILES string of the molecule is COc1ccc(C)cc1C(=O)N(CCC#N)C(C)C. The highest BCUT2D eigenvalue weighted by Gasteiger charge is 2.21. The topological polar surface area (TPSA) is 53.3 Å². The molecule has 102 valence electrons. The van der Waals surface area contributed by atoms with E-state index in [-0.39, 0.29) is 11.9 Å². The van der Waals surface area contributed by atoms with Gasteiger partial charge in [0.1, 0.15) is 5.75 Å². The number of hydrogen-bond acceptors (Lipinski definition) is 3. The fourth-order valence-corrected chi connectivity index (χ4v) is 1.91. The van der Waals surface area contributed by atoms with Crippen molar-refractivity contribution in [2.24, 2.45) is 0 Å². The first kappa shape index (κ1) is 15.0. The van der Waals surface area contributed by atoms with Gasteiger partial charge in [-0.2, -0.15) is 5.26 Å². The van der Waals surface area contributed by atoms with E-state index in [4.69, 9.17) is 10.00 Å². The maximum Gasteiger partial charge on any atom is 0.257 e. The molecule has 0 spiro atoms. The molecule has 4 heteroatoms. The van der Waals surface area contributed by atoms with Crippen LogP contribution in [-0.4, -0.2) is 30.5 Å². The van der Waals surface area contributed by atoms with Crippen molar-refractivity contribution in [3.63, 3.8) is 0 Å². The number of methoxy groups -OCH3 is 1. The molecule has 0 N–H and O–H groups in total. The van der Waals surface area contributed by atoms with Crippen LogP contribution in [0.1, 0.15) is 36.2 Å². The van der Waals surface area contributed by atoms with Gasteiger partial charge >= 0.3 is 0 Å². The van der Waals surface area contributed by atoms with Crippen molar-refractivity contribution in [3.05, 3.63) is 29.3 Å². The van der Waals surface area contributed by atoms with Crippen molar-refractivity contribution in [2.75, 3.05) is 13.7 Å². The number of nitriles is 1. The highest BCUT2D eigenvalue weighted by molar-refractivity contribution is 5.97. The molecule has 1 aromatic carbocycles. The summed E-state index contributed by atoms with van der Waals surface area (Å²) in [5, 5.41) is 8.68. The summed E-state index contributed by atoms with van der Waals surface area (Å²) in [7, 11) is 1.55. The van der Waals surface area contributed by atoms with Gasteiger partial charge in [-0.05, 0) is 32.9 Å². The Morgan fingerprint density at radius 2 is 2.16 bits per heavy atom. The Kier molecular flexibility index (Phi) is 5.37. The van der Waals surface area contributed by atoms with Gasteiger partial charge < -0.3 is 9.64 Å². The van der Waals surface area contributed by atoms with E-state index in [2.05, 4.69) is 6.07 Å². The fraction of sp³-hybridized carbons (Fsp3) is 0.467. The number of benzene rings is 1. The summed E-state index contributed by atoms with van der Waals surface area (Å²) in [6.07, 6.45) is 0.331. The van der Waals surface area contributed by atoms with Crippen LogP contribution in [0.2, 0.25) is 0 Å². The lowest BCUT2D eigenvalue weighted by atomic mass is 10.1. The molecule has 0 aliphatic carbocycles. The lowest BCUT2D eigenvalue weighted by molar-refractivity contribution is 0.0706. The van der Waals surface area contributed by atoms with Crippen molar-refractivity contribution in [3.8, 4) is 11.8 Å².